The van der Waals surface area contributed by atoms with Crippen molar-refractivity contribution < 1.29 is 27.5 Å². The summed E-state index contributed by atoms with van der Waals surface area (Å²) in [5.41, 5.74) is 1.16. The zero-order valence-corrected chi connectivity index (χ0v) is 20.0. The van der Waals surface area contributed by atoms with Crippen LogP contribution in [0.5, 0.6) is 5.75 Å². The third kappa shape index (κ3) is 5.39. The number of sulfonamides is 1. The normalized spacial score (nSPS) is 12.1. The Labute approximate surface area is 205 Å². The number of amides is 1. The fourth-order valence-electron chi connectivity index (χ4n) is 3.33. The van der Waals surface area contributed by atoms with Crippen LogP contribution in [-0.2, 0) is 19.6 Å². The van der Waals surface area contributed by atoms with Crippen LogP contribution in [0.4, 0.5) is 11.4 Å². The number of H-pyrrole nitrogens is 2. The summed E-state index contributed by atoms with van der Waals surface area (Å²) in [5, 5.41) is 2.64. The molecule has 36 heavy (non-hydrogen) atoms. The predicted molar refractivity (Wildman–Crippen MR) is 133 cm³/mol. The molecule has 1 heterocycles. The van der Waals surface area contributed by atoms with Gasteiger partial charge >= 0.3 is 11.7 Å². The van der Waals surface area contributed by atoms with Crippen molar-refractivity contribution in [2.24, 2.45) is 0 Å². The Morgan fingerprint density at radius 1 is 0.944 bits per heavy atom. The maximum atomic E-state index is 12.7. The zero-order chi connectivity index (χ0) is 25.9. The van der Waals surface area contributed by atoms with Crippen molar-refractivity contribution in [2.75, 3.05) is 17.1 Å². The number of hydrogen-bond acceptors (Lipinski definition) is 7. The summed E-state index contributed by atoms with van der Waals surface area (Å²) >= 11 is 0. The third-order valence-electron chi connectivity index (χ3n) is 5.19. The van der Waals surface area contributed by atoms with Gasteiger partial charge in [0.05, 0.1) is 34.3 Å². The van der Waals surface area contributed by atoms with Crippen LogP contribution < -0.4 is 20.5 Å². The molecule has 4 rings (SSSR count). The molecule has 0 aliphatic carbocycles. The van der Waals surface area contributed by atoms with Crippen molar-refractivity contribution in [3.63, 3.8) is 0 Å². The molecular formula is C24H22N4O7S. The molecule has 0 fully saturated rings. The molecule has 0 aliphatic heterocycles. The molecule has 0 bridgehead atoms. The van der Waals surface area contributed by atoms with Crippen molar-refractivity contribution in [2.45, 2.75) is 17.9 Å². The Morgan fingerprint density at radius 2 is 1.64 bits per heavy atom. The number of benzene rings is 3. The van der Waals surface area contributed by atoms with E-state index < -0.39 is 33.7 Å². The minimum Gasteiger partial charge on any atom is -0.495 e. The van der Waals surface area contributed by atoms with E-state index in [-0.39, 0.29) is 16.1 Å². The van der Waals surface area contributed by atoms with Gasteiger partial charge in [0.1, 0.15) is 5.75 Å². The molecule has 4 N–H and O–H groups in total. The maximum Gasteiger partial charge on any atom is 0.338 e. The molecule has 12 heteroatoms. The molecule has 186 valence electrons. The van der Waals surface area contributed by atoms with Gasteiger partial charge in [-0.15, -0.1) is 0 Å². The van der Waals surface area contributed by atoms with Crippen molar-refractivity contribution >= 4 is 44.3 Å². The van der Waals surface area contributed by atoms with Crippen LogP contribution >= 0.6 is 0 Å². The van der Waals surface area contributed by atoms with E-state index in [2.05, 4.69) is 20.0 Å². The molecule has 0 unspecified atom stereocenters. The first-order valence-corrected chi connectivity index (χ1v) is 12.1. The van der Waals surface area contributed by atoms with E-state index in [0.29, 0.717) is 22.5 Å². The van der Waals surface area contributed by atoms with Crippen molar-refractivity contribution in [1.82, 2.24) is 9.97 Å². The summed E-state index contributed by atoms with van der Waals surface area (Å²) in [6.07, 6.45) is -1.10. The third-order valence-corrected chi connectivity index (χ3v) is 6.57. The van der Waals surface area contributed by atoms with Gasteiger partial charge in [-0.05, 0) is 61.5 Å². The highest BCUT2D eigenvalue weighted by atomic mass is 32.2. The zero-order valence-electron chi connectivity index (χ0n) is 19.2. The summed E-state index contributed by atoms with van der Waals surface area (Å²) in [4.78, 5) is 41.3. The molecule has 1 amide bonds. The lowest BCUT2D eigenvalue weighted by Gasteiger charge is -2.15. The molecule has 0 saturated carbocycles. The SMILES string of the molecule is COc1ccccc1NC(=O)[C@H](C)OC(=O)c1ccc(NS(=O)(=O)c2ccc3[nH]c(=O)[nH]c3c2)cc1. The second-order valence-electron chi connectivity index (χ2n) is 7.71. The van der Waals surface area contributed by atoms with E-state index in [9.17, 15) is 22.8 Å². The Hall–Kier alpha value is -4.58. The van der Waals surface area contributed by atoms with Crippen LogP contribution in [0.2, 0.25) is 0 Å². The summed E-state index contributed by atoms with van der Waals surface area (Å²) < 4.78 is 38.3. The number of methoxy groups -OCH3 is 1. The standard InChI is InChI=1S/C24H22N4O7S/c1-14(22(29)25-19-5-3-4-6-21(19)34-2)35-23(30)15-7-9-16(10-8-15)28-36(32,33)17-11-12-18-20(13-17)27-24(31)26-18/h3-14,28H,1-2H3,(H,25,29)(H2,26,27,31)/t14-/m0/s1. The molecular weight excluding hydrogens is 488 g/mol. The lowest BCUT2D eigenvalue weighted by molar-refractivity contribution is -0.123. The first-order valence-electron chi connectivity index (χ1n) is 10.7. The van der Waals surface area contributed by atoms with Crippen LogP contribution in [0, 0.1) is 0 Å². The number of carbonyl (C=O) groups is 2. The van der Waals surface area contributed by atoms with Gasteiger partial charge in [-0.1, -0.05) is 12.1 Å². The Bertz CT molecular complexity index is 1590. The minimum atomic E-state index is -3.96. The van der Waals surface area contributed by atoms with Gasteiger partial charge in [0.2, 0.25) is 0 Å². The fourth-order valence-corrected chi connectivity index (χ4v) is 4.42. The summed E-state index contributed by atoms with van der Waals surface area (Å²) in [6.45, 7) is 1.43. The van der Waals surface area contributed by atoms with Gasteiger partial charge in [0.15, 0.2) is 6.10 Å². The number of esters is 1. The van der Waals surface area contributed by atoms with E-state index in [4.69, 9.17) is 9.47 Å². The number of imidazole rings is 1. The number of nitrogens with one attached hydrogen (secondary N) is 4. The van der Waals surface area contributed by atoms with Crippen LogP contribution in [0.1, 0.15) is 17.3 Å². The number of hydrogen-bond donors (Lipinski definition) is 4. The van der Waals surface area contributed by atoms with Crippen LogP contribution in [0.25, 0.3) is 11.0 Å². The highest BCUT2D eigenvalue weighted by Crippen LogP contribution is 2.24. The highest BCUT2D eigenvalue weighted by molar-refractivity contribution is 7.92. The van der Waals surface area contributed by atoms with Crippen LogP contribution in [-0.4, -0.2) is 43.5 Å². The molecule has 1 atom stereocenters. The average Bonchev–Trinajstić information content (AvgIpc) is 3.23. The lowest BCUT2D eigenvalue weighted by Crippen LogP contribution is -2.30. The van der Waals surface area contributed by atoms with Crippen molar-refractivity contribution in [3.05, 3.63) is 82.8 Å². The lowest BCUT2D eigenvalue weighted by atomic mass is 10.2. The van der Waals surface area contributed by atoms with E-state index in [1.165, 1.54) is 56.5 Å². The summed E-state index contributed by atoms with van der Waals surface area (Å²) in [7, 11) is -2.49. The molecule has 0 saturated heterocycles. The average molecular weight is 511 g/mol. The number of anilines is 2. The van der Waals surface area contributed by atoms with Gasteiger partial charge in [-0.3, -0.25) is 9.52 Å². The van der Waals surface area contributed by atoms with Crippen molar-refractivity contribution in [3.8, 4) is 5.75 Å². The largest absolute Gasteiger partial charge is 0.495 e. The molecule has 1 aromatic heterocycles. The smallest absolute Gasteiger partial charge is 0.338 e. The van der Waals surface area contributed by atoms with Gasteiger partial charge in [0.25, 0.3) is 15.9 Å². The van der Waals surface area contributed by atoms with Gasteiger partial charge in [-0.25, -0.2) is 18.0 Å². The van der Waals surface area contributed by atoms with Gasteiger partial charge < -0.3 is 24.8 Å². The Kier molecular flexibility index (Phi) is 6.79. The maximum absolute atomic E-state index is 12.7. The summed E-state index contributed by atoms with van der Waals surface area (Å²) in [6, 6.07) is 16.5. The monoisotopic (exact) mass is 510 g/mol. The highest BCUT2D eigenvalue weighted by Gasteiger charge is 2.21. The first-order chi connectivity index (χ1) is 17.2. The Morgan fingerprint density at radius 3 is 2.36 bits per heavy atom. The quantitative estimate of drug-likeness (QED) is 0.265. The minimum absolute atomic E-state index is 0.0522. The molecule has 0 aliphatic rings. The second-order valence-corrected chi connectivity index (χ2v) is 9.39. The van der Waals surface area contributed by atoms with E-state index in [1.807, 2.05) is 0 Å². The van der Waals surface area contributed by atoms with Crippen LogP contribution in [0.3, 0.4) is 0 Å². The second kappa shape index (κ2) is 9.96. The van der Waals surface area contributed by atoms with E-state index in [1.54, 1.807) is 24.3 Å². The predicted octanol–water partition coefficient (Wildman–Crippen LogP) is 2.85. The topological polar surface area (TPSA) is 159 Å². The number of rotatable bonds is 8. The van der Waals surface area contributed by atoms with Gasteiger partial charge in [0, 0.05) is 5.69 Å². The molecule has 0 radical (unpaired) electrons. The van der Waals surface area contributed by atoms with E-state index in [0.717, 1.165) is 0 Å². The molecule has 11 nitrogen and oxygen atoms in total. The molecule has 0 spiro atoms. The number of fused-ring (bicyclic) bond motifs is 1. The number of ether oxygens (including phenoxy) is 2. The first kappa shape index (κ1) is 24.5. The van der Waals surface area contributed by atoms with Crippen LogP contribution in [0.15, 0.2) is 76.4 Å². The summed E-state index contributed by atoms with van der Waals surface area (Å²) in [5.74, 6) is -0.837. The van der Waals surface area contributed by atoms with Gasteiger partial charge in [-0.2, -0.15) is 0 Å². The fraction of sp³-hybridized carbons (Fsp3) is 0.125. The van der Waals surface area contributed by atoms with E-state index >= 15 is 0 Å². The van der Waals surface area contributed by atoms with Crippen molar-refractivity contribution in [1.29, 1.82) is 0 Å². The molecule has 4 aromatic rings. The number of carbonyl (C=O) groups excluding carboxylic acids is 2. The Balaban J connectivity index is 1.39. The number of aromatic amines is 2. The number of para-hydroxylation sites is 2. The molecule has 3 aromatic carbocycles. The number of aromatic nitrogens is 2.